The van der Waals surface area contributed by atoms with Gasteiger partial charge in [0.05, 0.1) is 6.54 Å². The van der Waals surface area contributed by atoms with Crippen molar-refractivity contribution >= 4 is 5.91 Å². The Bertz CT molecular complexity index is 660. The number of halogens is 3. The van der Waals surface area contributed by atoms with Gasteiger partial charge < -0.3 is 9.84 Å². The Morgan fingerprint density at radius 2 is 2.21 bits per heavy atom. The van der Waals surface area contributed by atoms with Gasteiger partial charge in [0.2, 0.25) is 5.91 Å². The van der Waals surface area contributed by atoms with Crippen molar-refractivity contribution in [3.63, 3.8) is 0 Å². The van der Waals surface area contributed by atoms with E-state index in [2.05, 4.69) is 25.0 Å². The summed E-state index contributed by atoms with van der Waals surface area (Å²) in [5.41, 5.74) is 0.972. The van der Waals surface area contributed by atoms with Crippen LogP contribution in [-0.2, 0) is 23.9 Å². The lowest BCUT2D eigenvalue weighted by Crippen LogP contribution is -2.35. The van der Waals surface area contributed by atoms with Crippen LogP contribution in [0.3, 0.4) is 0 Å². The van der Waals surface area contributed by atoms with Crippen molar-refractivity contribution < 1.29 is 22.5 Å². The summed E-state index contributed by atoms with van der Waals surface area (Å²) >= 11 is 0. The number of likely N-dealkylation sites (N-methyl/N-ethyl adjacent to an activating group) is 1. The van der Waals surface area contributed by atoms with Gasteiger partial charge in [-0.25, -0.2) is 0 Å². The summed E-state index contributed by atoms with van der Waals surface area (Å²) in [6.07, 6.45) is -1.23. The summed E-state index contributed by atoms with van der Waals surface area (Å²) in [7, 11) is 1.78. The predicted molar refractivity (Wildman–Crippen MR) is 76.6 cm³/mol. The molecule has 0 aliphatic heterocycles. The van der Waals surface area contributed by atoms with Gasteiger partial charge in [-0.15, -0.1) is 0 Å². The number of carbonyl (C=O) groups is 1. The highest BCUT2D eigenvalue weighted by Gasteiger charge is 2.38. The first-order valence-electron chi connectivity index (χ1n) is 7.08. The van der Waals surface area contributed by atoms with Gasteiger partial charge >= 0.3 is 12.1 Å². The van der Waals surface area contributed by atoms with Crippen molar-refractivity contribution in [3.8, 4) is 0 Å². The molecular formula is C14H16F3N5O2. The quantitative estimate of drug-likeness (QED) is 0.815. The monoisotopic (exact) mass is 343 g/mol. The molecule has 0 saturated heterocycles. The van der Waals surface area contributed by atoms with E-state index in [0.717, 1.165) is 5.56 Å². The van der Waals surface area contributed by atoms with E-state index >= 15 is 0 Å². The van der Waals surface area contributed by atoms with E-state index in [4.69, 9.17) is 0 Å². The standard InChI is InChI=1S/C14H16F3N5O2/c1-22(8-10-3-2-5-18-7-10)9-12(23)19-6-4-11-20-13(24-21-11)14(15,16)17/h2-3,5,7H,4,6,8-9H2,1H3,(H,19,23). The molecule has 0 saturated carbocycles. The molecule has 7 nitrogen and oxygen atoms in total. The molecular weight excluding hydrogens is 327 g/mol. The van der Waals surface area contributed by atoms with E-state index < -0.39 is 12.1 Å². The number of amides is 1. The van der Waals surface area contributed by atoms with Crippen LogP contribution in [0.25, 0.3) is 0 Å². The molecule has 0 spiro atoms. The number of aromatic nitrogens is 3. The SMILES string of the molecule is CN(CC(=O)NCCc1noc(C(F)(F)F)n1)Cc1cccnc1. The van der Waals surface area contributed by atoms with Gasteiger partial charge in [-0.05, 0) is 18.7 Å². The van der Waals surface area contributed by atoms with Crippen molar-refractivity contribution in [1.29, 1.82) is 0 Å². The van der Waals surface area contributed by atoms with Crippen LogP contribution in [-0.4, -0.2) is 46.1 Å². The Morgan fingerprint density at radius 3 is 2.83 bits per heavy atom. The maximum Gasteiger partial charge on any atom is 0.471 e. The second-order valence-corrected chi connectivity index (χ2v) is 5.15. The van der Waals surface area contributed by atoms with Gasteiger partial charge in [-0.3, -0.25) is 14.7 Å². The zero-order chi connectivity index (χ0) is 17.6. The third kappa shape index (κ3) is 5.61. The zero-order valence-electron chi connectivity index (χ0n) is 12.9. The molecule has 2 aromatic rings. The van der Waals surface area contributed by atoms with E-state index in [9.17, 15) is 18.0 Å². The number of rotatable bonds is 7. The Morgan fingerprint density at radius 1 is 1.42 bits per heavy atom. The second kappa shape index (κ2) is 7.86. The van der Waals surface area contributed by atoms with Crippen LogP contribution >= 0.6 is 0 Å². The molecule has 0 unspecified atom stereocenters. The molecule has 0 atom stereocenters. The fraction of sp³-hybridized carbons (Fsp3) is 0.429. The summed E-state index contributed by atoms with van der Waals surface area (Å²) < 4.78 is 41.0. The average Bonchev–Trinajstić information content (AvgIpc) is 2.97. The maximum absolute atomic E-state index is 12.3. The molecule has 130 valence electrons. The van der Waals surface area contributed by atoms with Gasteiger partial charge in [0, 0.05) is 31.9 Å². The lowest BCUT2D eigenvalue weighted by atomic mass is 10.2. The number of hydrogen-bond acceptors (Lipinski definition) is 6. The molecule has 1 amide bonds. The maximum atomic E-state index is 12.3. The fourth-order valence-electron chi connectivity index (χ4n) is 1.94. The smallest absolute Gasteiger partial charge is 0.355 e. The van der Waals surface area contributed by atoms with E-state index in [1.165, 1.54) is 0 Å². The van der Waals surface area contributed by atoms with E-state index in [0.29, 0.717) is 6.54 Å². The molecule has 0 radical (unpaired) electrons. The highest BCUT2D eigenvalue weighted by atomic mass is 19.4. The summed E-state index contributed by atoms with van der Waals surface area (Å²) in [4.78, 5) is 20.8. The molecule has 2 rings (SSSR count). The Hall–Kier alpha value is -2.49. The number of nitrogens with zero attached hydrogens (tertiary/aromatic N) is 4. The second-order valence-electron chi connectivity index (χ2n) is 5.15. The first-order valence-corrected chi connectivity index (χ1v) is 7.08. The van der Waals surface area contributed by atoms with Crippen molar-refractivity contribution in [3.05, 3.63) is 41.8 Å². The first kappa shape index (κ1) is 17.9. The van der Waals surface area contributed by atoms with E-state index in [1.807, 2.05) is 12.1 Å². The molecule has 0 aromatic carbocycles. The van der Waals surface area contributed by atoms with Gasteiger partial charge in [-0.1, -0.05) is 11.2 Å². The number of hydrogen-bond donors (Lipinski definition) is 1. The van der Waals surface area contributed by atoms with Gasteiger partial charge in [0.1, 0.15) is 0 Å². The summed E-state index contributed by atoms with van der Waals surface area (Å²) in [5, 5.41) is 5.82. The molecule has 2 aromatic heterocycles. The average molecular weight is 343 g/mol. The lowest BCUT2D eigenvalue weighted by molar-refractivity contribution is -0.159. The van der Waals surface area contributed by atoms with Crippen LogP contribution in [0.4, 0.5) is 13.2 Å². The molecule has 0 aliphatic carbocycles. The molecule has 24 heavy (non-hydrogen) atoms. The number of pyridine rings is 1. The predicted octanol–water partition coefficient (Wildman–Crippen LogP) is 1.27. The van der Waals surface area contributed by atoms with Crippen LogP contribution < -0.4 is 5.32 Å². The number of alkyl halides is 3. The van der Waals surface area contributed by atoms with Gasteiger partial charge in [0.15, 0.2) is 5.82 Å². The lowest BCUT2D eigenvalue weighted by Gasteiger charge is -2.15. The normalized spacial score (nSPS) is 11.7. The fourth-order valence-corrected chi connectivity index (χ4v) is 1.94. The van der Waals surface area contributed by atoms with Crippen molar-refractivity contribution in [1.82, 2.24) is 25.3 Å². The molecule has 0 aliphatic rings. The molecule has 2 heterocycles. The van der Waals surface area contributed by atoms with Crippen LogP contribution in [0, 0.1) is 0 Å². The molecule has 10 heteroatoms. The van der Waals surface area contributed by atoms with E-state index in [1.54, 1.807) is 24.3 Å². The van der Waals surface area contributed by atoms with Gasteiger partial charge in [0.25, 0.3) is 0 Å². The highest BCUT2D eigenvalue weighted by Crippen LogP contribution is 2.27. The van der Waals surface area contributed by atoms with Crippen molar-refractivity contribution in [2.75, 3.05) is 20.1 Å². The minimum atomic E-state index is -4.66. The van der Waals surface area contributed by atoms with Crippen LogP contribution in [0.1, 0.15) is 17.3 Å². The Kier molecular flexibility index (Phi) is 5.85. The Balaban J connectivity index is 1.70. The van der Waals surface area contributed by atoms with Crippen LogP contribution in [0.2, 0.25) is 0 Å². The van der Waals surface area contributed by atoms with Crippen molar-refractivity contribution in [2.24, 2.45) is 0 Å². The molecule has 0 fully saturated rings. The van der Waals surface area contributed by atoms with Crippen LogP contribution in [0.5, 0.6) is 0 Å². The Labute approximate surface area is 135 Å². The minimum absolute atomic E-state index is 0.0532. The molecule has 1 N–H and O–H groups in total. The number of carbonyl (C=O) groups excluding carboxylic acids is 1. The third-order valence-electron chi connectivity index (χ3n) is 2.97. The van der Waals surface area contributed by atoms with Crippen molar-refractivity contribution in [2.45, 2.75) is 19.1 Å². The topological polar surface area (TPSA) is 84.2 Å². The van der Waals surface area contributed by atoms with E-state index in [-0.39, 0.29) is 31.2 Å². The summed E-state index contributed by atoms with van der Waals surface area (Å²) in [6.45, 7) is 0.826. The third-order valence-corrected chi connectivity index (χ3v) is 2.97. The summed E-state index contributed by atoms with van der Waals surface area (Å²) in [6, 6.07) is 3.71. The zero-order valence-corrected chi connectivity index (χ0v) is 12.9. The minimum Gasteiger partial charge on any atom is -0.355 e. The number of nitrogens with one attached hydrogen (secondary N) is 1. The van der Waals surface area contributed by atoms with Crippen LogP contribution in [0.15, 0.2) is 29.0 Å². The highest BCUT2D eigenvalue weighted by molar-refractivity contribution is 5.77. The van der Waals surface area contributed by atoms with Gasteiger partial charge in [-0.2, -0.15) is 18.2 Å². The molecule has 0 bridgehead atoms. The summed E-state index contributed by atoms with van der Waals surface area (Å²) in [5.74, 6) is -1.74. The largest absolute Gasteiger partial charge is 0.471 e. The first-order chi connectivity index (χ1) is 11.3.